The van der Waals surface area contributed by atoms with Crippen LogP contribution in [-0.2, 0) is 16.4 Å². The Balaban J connectivity index is 2.15. The molecule has 0 spiro atoms. The Morgan fingerprint density at radius 3 is 2.67 bits per heavy atom. The van der Waals surface area contributed by atoms with Gasteiger partial charge >= 0.3 is 0 Å². The molecular weight excluding hydrogens is 324 g/mol. The number of aliphatic hydroxyl groups is 2. The molecule has 0 amide bonds. The van der Waals surface area contributed by atoms with Gasteiger partial charge in [0.05, 0.1) is 18.1 Å². The normalized spacial score (nSPS) is 26.2. The number of hydrogen-bond donors (Lipinski definition) is 2. The monoisotopic (exact) mass is 336 g/mol. The average molecular weight is 337 g/mol. The number of ether oxygens (including phenoxy) is 1. The molecule has 0 bridgehead atoms. The average Bonchev–Trinajstić information content (AvgIpc) is 2.54. The number of rotatable bonds is 3. The van der Waals surface area contributed by atoms with E-state index in [1.165, 1.54) is 0 Å². The smallest absolute Gasteiger partial charge is 0.156 e. The molecule has 5 nitrogen and oxygen atoms in total. The van der Waals surface area contributed by atoms with E-state index >= 15 is 0 Å². The van der Waals surface area contributed by atoms with Crippen LogP contribution in [0.3, 0.4) is 0 Å². The lowest BCUT2D eigenvalue weighted by Crippen LogP contribution is -2.29. The number of sulfone groups is 1. The number of hydrogen-bond acceptors (Lipinski definition) is 5. The minimum absolute atomic E-state index is 0.150. The van der Waals surface area contributed by atoms with Gasteiger partial charge in [-0.3, -0.25) is 0 Å². The number of aliphatic hydroxyl groups excluding tert-OH is 2. The molecule has 0 radical (unpaired) electrons. The Morgan fingerprint density at radius 1 is 1.39 bits per heavy atom. The van der Waals surface area contributed by atoms with E-state index in [2.05, 4.69) is 15.9 Å². The van der Waals surface area contributed by atoms with Crippen molar-refractivity contribution in [3.8, 4) is 5.75 Å². The minimum Gasteiger partial charge on any atom is -0.487 e. The van der Waals surface area contributed by atoms with Gasteiger partial charge in [-0.2, -0.15) is 0 Å². The maximum atomic E-state index is 11.3. The highest BCUT2D eigenvalue weighted by molar-refractivity contribution is 9.10. The summed E-state index contributed by atoms with van der Waals surface area (Å²) < 4.78 is 28.9. The van der Waals surface area contributed by atoms with Crippen LogP contribution >= 0.6 is 15.9 Å². The molecule has 7 heteroatoms. The van der Waals surface area contributed by atoms with E-state index in [0.29, 0.717) is 11.3 Å². The third kappa shape index (κ3) is 3.03. The second-order valence-electron chi connectivity index (χ2n) is 4.21. The molecule has 100 valence electrons. The third-order valence-electron chi connectivity index (χ3n) is 2.75. The van der Waals surface area contributed by atoms with Crippen molar-refractivity contribution in [2.24, 2.45) is 0 Å². The van der Waals surface area contributed by atoms with Crippen LogP contribution in [0, 0.1) is 0 Å². The zero-order valence-corrected chi connectivity index (χ0v) is 11.8. The summed E-state index contributed by atoms with van der Waals surface area (Å²) in [6.45, 7) is -0.150. The summed E-state index contributed by atoms with van der Waals surface area (Å²) in [5, 5.41) is 18.7. The van der Waals surface area contributed by atoms with Crippen LogP contribution in [0.15, 0.2) is 22.7 Å². The molecule has 1 saturated heterocycles. The van der Waals surface area contributed by atoms with Gasteiger partial charge in [0.2, 0.25) is 0 Å². The zero-order chi connectivity index (χ0) is 13.3. The molecule has 1 aliphatic heterocycles. The predicted octanol–water partition coefficient (Wildman–Crippen LogP) is 0.478. The van der Waals surface area contributed by atoms with Gasteiger partial charge < -0.3 is 14.9 Å². The molecule has 1 aromatic rings. The highest BCUT2D eigenvalue weighted by Crippen LogP contribution is 2.25. The van der Waals surface area contributed by atoms with Crippen LogP contribution in [0.1, 0.15) is 5.56 Å². The molecule has 1 fully saturated rings. The first-order valence-corrected chi connectivity index (χ1v) is 7.97. The molecule has 1 aliphatic rings. The topological polar surface area (TPSA) is 83.8 Å². The summed E-state index contributed by atoms with van der Waals surface area (Å²) in [5.41, 5.74) is 0.642. The lowest BCUT2D eigenvalue weighted by atomic mass is 10.2. The summed E-state index contributed by atoms with van der Waals surface area (Å²) in [4.78, 5) is 0. The summed E-state index contributed by atoms with van der Waals surface area (Å²) >= 11 is 3.27. The van der Waals surface area contributed by atoms with Crippen molar-refractivity contribution in [3.05, 3.63) is 28.2 Å². The van der Waals surface area contributed by atoms with Crippen LogP contribution in [-0.4, -0.2) is 42.3 Å². The van der Waals surface area contributed by atoms with Crippen LogP contribution in [0.5, 0.6) is 5.75 Å². The molecule has 1 heterocycles. The Hall–Kier alpha value is -0.630. The van der Waals surface area contributed by atoms with Gasteiger partial charge in [0.1, 0.15) is 18.0 Å². The Bertz CT molecular complexity index is 542. The Kier molecular flexibility index (Phi) is 3.96. The molecule has 2 unspecified atom stereocenters. The highest BCUT2D eigenvalue weighted by Gasteiger charge is 2.38. The summed E-state index contributed by atoms with van der Waals surface area (Å²) in [7, 11) is -3.22. The van der Waals surface area contributed by atoms with Crippen molar-refractivity contribution in [2.45, 2.75) is 18.8 Å². The molecule has 1 aromatic carbocycles. The summed E-state index contributed by atoms with van der Waals surface area (Å²) in [6, 6.07) is 4.97. The van der Waals surface area contributed by atoms with Gasteiger partial charge in [-0.25, -0.2) is 8.42 Å². The fourth-order valence-corrected chi connectivity index (χ4v) is 3.86. The van der Waals surface area contributed by atoms with Crippen LogP contribution in [0.4, 0.5) is 0 Å². The molecule has 2 N–H and O–H groups in total. The van der Waals surface area contributed by atoms with E-state index in [9.17, 15) is 13.5 Å². The molecule has 0 saturated carbocycles. The molecule has 2 atom stereocenters. The van der Waals surface area contributed by atoms with Gasteiger partial charge in [-0.05, 0) is 23.8 Å². The Labute approximate surface area is 113 Å². The van der Waals surface area contributed by atoms with Crippen molar-refractivity contribution < 1.29 is 23.4 Å². The van der Waals surface area contributed by atoms with E-state index in [4.69, 9.17) is 9.84 Å². The SMILES string of the molecule is O=S1(=O)CC(O)C(Oc2ccc(Br)c(CO)c2)C1. The van der Waals surface area contributed by atoms with Crippen LogP contribution in [0.2, 0.25) is 0 Å². The van der Waals surface area contributed by atoms with Crippen molar-refractivity contribution >= 4 is 25.8 Å². The van der Waals surface area contributed by atoms with E-state index in [1.54, 1.807) is 18.2 Å². The Morgan fingerprint density at radius 2 is 2.11 bits per heavy atom. The molecule has 18 heavy (non-hydrogen) atoms. The molecule has 2 rings (SSSR count). The fraction of sp³-hybridized carbons (Fsp3) is 0.455. The van der Waals surface area contributed by atoms with Crippen LogP contribution < -0.4 is 4.74 Å². The zero-order valence-electron chi connectivity index (χ0n) is 9.41. The highest BCUT2D eigenvalue weighted by atomic mass is 79.9. The summed E-state index contributed by atoms with van der Waals surface area (Å²) in [5.74, 6) is -0.0110. The first kappa shape index (κ1) is 13.8. The minimum atomic E-state index is -3.22. The van der Waals surface area contributed by atoms with E-state index in [0.717, 1.165) is 4.47 Å². The van der Waals surface area contributed by atoms with E-state index < -0.39 is 22.0 Å². The van der Waals surface area contributed by atoms with Crippen molar-refractivity contribution in [1.29, 1.82) is 0 Å². The second kappa shape index (κ2) is 5.16. The van der Waals surface area contributed by atoms with E-state index in [-0.39, 0.29) is 18.1 Å². The number of halogens is 1. The quantitative estimate of drug-likeness (QED) is 0.838. The molecule has 0 aliphatic carbocycles. The number of benzene rings is 1. The van der Waals surface area contributed by atoms with Gasteiger partial charge in [0, 0.05) is 4.47 Å². The largest absolute Gasteiger partial charge is 0.487 e. The lowest BCUT2D eigenvalue weighted by Gasteiger charge is -2.16. The van der Waals surface area contributed by atoms with Gasteiger partial charge in [-0.1, -0.05) is 15.9 Å². The second-order valence-corrected chi connectivity index (χ2v) is 7.22. The molecule has 0 aromatic heterocycles. The predicted molar refractivity (Wildman–Crippen MR) is 69.1 cm³/mol. The fourth-order valence-electron chi connectivity index (χ4n) is 1.83. The van der Waals surface area contributed by atoms with Gasteiger partial charge in [-0.15, -0.1) is 0 Å². The third-order valence-corrected chi connectivity index (χ3v) is 5.21. The van der Waals surface area contributed by atoms with Crippen molar-refractivity contribution in [2.75, 3.05) is 11.5 Å². The van der Waals surface area contributed by atoms with Crippen LogP contribution in [0.25, 0.3) is 0 Å². The first-order chi connectivity index (χ1) is 8.41. The van der Waals surface area contributed by atoms with Gasteiger partial charge in [0.25, 0.3) is 0 Å². The maximum absolute atomic E-state index is 11.3. The van der Waals surface area contributed by atoms with E-state index in [1.807, 2.05) is 0 Å². The standard InChI is InChI=1S/C11H13BrO5S/c12-9-2-1-8(3-7(9)4-13)17-11-6-18(15,16)5-10(11)14/h1-3,10-11,13-14H,4-6H2. The first-order valence-electron chi connectivity index (χ1n) is 5.36. The summed E-state index contributed by atoms with van der Waals surface area (Å²) in [6.07, 6.45) is -1.75. The molecular formula is C11H13BrO5S. The van der Waals surface area contributed by atoms with Gasteiger partial charge in [0.15, 0.2) is 9.84 Å². The van der Waals surface area contributed by atoms with Crippen molar-refractivity contribution in [1.82, 2.24) is 0 Å². The maximum Gasteiger partial charge on any atom is 0.156 e. The van der Waals surface area contributed by atoms with Crippen molar-refractivity contribution in [3.63, 3.8) is 0 Å². The lowest BCUT2D eigenvalue weighted by molar-refractivity contribution is 0.0736.